The number of hydrogen-bond donors (Lipinski definition) is 0. The van der Waals surface area contributed by atoms with Crippen molar-refractivity contribution < 1.29 is 14.3 Å². The number of para-hydroxylation sites is 2. The summed E-state index contributed by atoms with van der Waals surface area (Å²) in [4.78, 5) is 30.0. The first kappa shape index (κ1) is 19.7. The van der Waals surface area contributed by atoms with Crippen LogP contribution in [0, 0.1) is 0 Å². The maximum atomic E-state index is 11.9. The van der Waals surface area contributed by atoms with Crippen LogP contribution in [0.5, 0.6) is 5.75 Å². The fraction of sp³-hybridized carbons (Fsp3) is 0.619. The zero-order valence-corrected chi connectivity index (χ0v) is 16.5. The number of imide groups is 1. The summed E-state index contributed by atoms with van der Waals surface area (Å²) in [6.07, 6.45) is 2.75. The molecule has 0 saturated carbocycles. The fourth-order valence-corrected chi connectivity index (χ4v) is 3.79. The van der Waals surface area contributed by atoms with Crippen molar-refractivity contribution in [2.75, 3.05) is 44.2 Å². The van der Waals surface area contributed by atoms with E-state index >= 15 is 0 Å². The molecule has 0 radical (unpaired) electrons. The van der Waals surface area contributed by atoms with Crippen LogP contribution in [0.1, 0.15) is 39.5 Å². The second-order valence-electron chi connectivity index (χ2n) is 7.61. The zero-order valence-electron chi connectivity index (χ0n) is 16.5. The molecule has 0 N–H and O–H groups in total. The molecule has 148 valence electrons. The van der Waals surface area contributed by atoms with Crippen LogP contribution < -0.4 is 9.64 Å². The van der Waals surface area contributed by atoms with Gasteiger partial charge in [-0.2, -0.15) is 0 Å². The van der Waals surface area contributed by atoms with Crippen LogP contribution in [0.3, 0.4) is 0 Å². The van der Waals surface area contributed by atoms with Gasteiger partial charge in [-0.25, -0.2) is 0 Å². The molecule has 2 saturated heterocycles. The van der Waals surface area contributed by atoms with Gasteiger partial charge in [-0.05, 0) is 45.4 Å². The van der Waals surface area contributed by atoms with Crippen molar-refractivity contribution in [3.63, 3.8) is 0 Å². The monoisotopic (exact) mass is 373 g/mol. The molecule has 1 aromatic rings. The van der Waals surface area contributed by atoms with Crippen LogP contribution in [-0.4, -0.2) is 67.0 Å². The van der Waals surface area contributed by atoms with Gasteiger partial charge in [0.15, 0.2) is 0 Å². The van der Waals surface area contributed by atoms with Crippen molar-refractivity contribution in [2.45, 2.75) is 45.6 Å². The van der Waals surface area contributed by atoms with E-state index < -0.39 is 0 Å². The molecule has 0 bridgehead atoms. The molecule has 0 aliphatic carbocycles. The number of anilines is 1. The Morgan fingerprint density at radius 2 is 1.63 bits per heavy atom. The molecule has 2 amide bonds. The standard InChI is InChI=1S/C21H31N3O3/c1-17(2)27-19-8-4-3-7-18(19)23-15-13-22(14-16-23)11-6-12-24-20(25)9-5-10-21(24)26/h3-4,7-8,17H,5-6,9-16H2,1-2H3. The molecule has 0 spiro atoms. The maximum absolute atomic E-state index is 11.9. The molecule has 6 nitrogen and oxygen atoms in total. The Balaban J connectivity index is 1.45. The van der Waals surface area contributed by atoms with Gasteiger partial charge in [-0.3, -0.25) is 19.4 Å². The Hall–Kier alpha value is -2.08. The molecule has 0 unspecified atom stereocenters. The summed E-state index contributed by atoms with van der Waals surface area (Å²) in [6.45, 7) is 9.47. The lowest BCUT2D eigenvalue weighted by Gasteiger charge is -2.37. The van der Waals surface area contributed by atoms with Gasteiger partial charge in [0, 0.05) is 45.6 Å². The molecule has 1 aromatic carbocycles. The fourth-order valence-electron chi connectivity index (χ4n) is 3.79. The van der Waals surface area contributed by atoms with E-state index in [1.807, 2.05) is 26.0 Å². The van der Waals surface area contributed by atoms with E-state index in [0.717, 1.165) is 50.6 Å². The molecule has 27 heavy (non-hydrogen) atoms. The lowest BCUT2D eigenvalue weighted by atomic mass is 10.1. The number of carbonyl (C=O) groups excluding carboxylic acids is 2. The summed E-state index contributed by atoms with van der Waals surface area (Å²) in [7, 11) is 0. The number of nitrogens with zero attached hydrogens (tertiary/aromatic N) is 3. The van der Waals surface area contributed by atoms with Crippen molar-refractivity contribution in [1.29, 1.82) is 0 Å². The van der Waals surface area contributed by atoms with Gasteiger partial charge >= 0.3 is 0 Å². The minimum atomic E-state index is -0.00201. The van der Waals surface area contributed by atoms with E-state index in [0.29, 0.717) is 25.8 Å². The Labute approximate surface area is 162 Å². The Morgan fingerprint density at radius 3 is 2.30 bits per heavy atom. The van der Waals surface area contributed by atoms with Gasteiger partial charge in [0.05, 0.1) is 11.8 Å². The number of piperidine rings is 1. The highest BCUT2D eigenvalue weighted by molar-refractivity contribution is 5.97. The molecule has 3 rings (SSSR count). The molecule has 0 atom stereocenters. The first-order valence-corrected chi connectivity index (χ1v) is 10.1. The van der Waals surface area contributed by atoms with Crippen LogP contribution in [0.2, 0.25) is 0 Å². The lowest BCUT2D eigenvalue weighted by Crippen LogP contribution is -2.47. The van der Waals surface area contributed by atoms with E-state index in [4.69, 9.17) is 4.74 Å². The lowest BCUT2D eigenvalue weighted by molar-refractivity contribution is -0.148. The van der Waals surface area contributed by atoms with Crippen LogP contribution >= 0.6 is 0 Å². The molecule has 0 aromatic heterocycles. The molecule has 2 aliphatic rings. The molecule has 2 aliphatic heterocycles. The topological polar surface area (TPSA) is 53.1 Å². The maximum Gasteiger partial charge on any atom is 0.229 e. The van der Waals surface area contributed by atoms with E-state index in [1.54, 1.807) is 0 Å². The number of hydrogen-bond acceptors (Lipinski definition) is 5. The number of piperazine rings is 1. The largest absolute Gasteiger partial charge is 0.489 e. The average Bonchev–Trinajstić information content (AvgIpc) is 2.65. The van der Waals surface area contributed by atoms with Gasteiger partial charge < -0.3 is 9.64 Å². The summed E-state index contributed by atoms with van der Waals surface area (Å²) in [5.41, 5.74) is 1.16. The predicted octanol–water partition coefficient (Wildman–Crippen LogP) is 2.53. The number of amides is 2. The Kier molecular flexibility index (Phi) is 6.72. The summed E-state index contributed by atoms with van der Waals surface area (Å²) >= 11 is 0. The van der Waals surface area contributed by atoms with Crippen molar-refractivity contribution in [2.24, 2.45) is 0 Å². The van der Waals surface area contributed by atoms with E-state index in [9.17, 15) is 9.59 Å². The molecule has 2 fully saturated rings. The van der Waals surface area contributed by atoms with Gasteiger partial charge in [-0.15, -0.1) is 0 Å². The molecular formula is C21H31N3O3. The number of benzene rings is 1. The predicted molar refractivity (Wildman–Crippen MR) is 106 cm³/mol. The SMILES string of the molecule is CC(C)Oc1ccccc1N1CCN(CCCN2C(=O)CCCC2=O)CC1. The molecular weight excluding hydrogens is 342 g/mol. The zero-order chi connectivity index (χ0) is 19.2. The normalized spacial score (nSPS) is 19.1. The third kappa shape index (κ3) is 5.22. The van der Waals surface area contributed by atoms with Crippen molar-refractivity contribution in [3.05, 3.63) is 24.3 Å². The Bertz CT molecular complexity index is 638. The minimum absolute atomic E-state index is 0.00201. The second-order valence-corrected chi connectivity index (χ2v) is 7.61. The van der Waals surface area contributed by atoms with Crippen LogP contribution in [-0.2, 0) is 9.59 Å². The highest BCUT2D eigenvalue weighted by atomic mass is 16.5. The van der Waals surface area contributed by atoms with Crippen molar-refractivity contribution >= 4 is 17.5 Å². The first-order valence-electron chi connectivity index (χ1n) is 10.1. The quantitative estimate of drug-likeness (QED) is 0.688. The van der Waals surface area contributed by atoms with E-state index in [2.05, 4.69) is 21.9 Å². The smallest absolute Gasteiger partial charge is 0.229 e. The Morgan fingerprint density at radius 1 is 0.963 bits per heavy atom. The van der Waals surface area contributed by atoms with Gasteiger partial charge in [0.1, 0.15) is 5.75 Å². The minimum Gasteiger partial charge on any atom is -0.489 e. The van der Waals surface area contributed by atoms with Gasteiger partial charge in [-0.1, -0.05) is 12.1 Å². The van der Waals surface area contributed by atoms with Gasteiger partial charge in [0.2, 0.25) is 11.8 Å². The molecule has 2 heterocycles. The number of ether oxygens (including phenoxy) is 1. The number of carbonyl (C=O) groups is 2. The van der Waals surface area contributed by atoms with Crippen molar-refractivity contribution in [3.8, 4) is 5.75 Å². The number of rotatable bonds is 7. The molecule has 6 heteroatoms. The second kappa shape index (κ2) is 9.22. The van der Waals surface area contributed by atoms with Crippen molar-refractivity contribution in [1.82, 2.24) is 9.80 Å². The van der Waals surface area contributed by atoms with Gasteiger partial charge in [0.25, 0.3) is 0 Å². The third-order valence-corrected chi connectivity index (χ3v) is 5.18. The third-order valence-electron chi connectivity index (χ3n) is 5.18. The summed E-state index contributed by atoms with van der Waals surface area (Å²) in [6, 6.07) is 8.23. The summed E-state index contributed by atoms with van der Waals surface area (Å²) < 4.78 is 5.95. The summed E-state index contributed by atoms with van der Waals surface area (Å²) in [5.74, 6) is 0.943. The first-order chi connectivity index (χ1) is 13.0. The van der Waals surface area contributed by atoms with E-state index in [1.165, 1.54) is 4.90 Å². The highest BCUT2D eigenvalue weighted by Gasteiger charge is 2.26. The van der Waals surface area contributed by atoms with Crippen LogP contribution in [0.15, 0.2) is 24.3 Å². The van der Waals surface area contributed by atoms with Crippen LogP contribution in [0.25, 0.3) is 0 Å². The highest BCUT2D eigenvalue weighted by Crippen LogP contribution is 2.29. The summed E-state index contributed by atoms with van der Waals surface area (Å²) in [5, 5.41) is 0. The number of likely N-dealkylation sites (tertiary alicyclic amines) is 1. The average molecular weight is 373 g/mol. The van der Waals surface area contributed by atoms with E-state index in [-0.39, 0.29) is 17.9 Å². The van der Waals surface area contributed by atoms with Crippen LogP contribution in [0.4, 0.5) is 5.69 Å².